The van der Waals surface area contributed by atoms with Crippen molar-refractivity contribution in [2.75, 3.05) is 11.9 Å². The van der Waals surface area contributed by atoms with Gasteiger partial charge in [-0.1, -0.05) is 26.0 Å². The Labute approximate surface area is 106 Å². The summed E-state index contributed by atoms with van der Waals surface area (Å²) in [6.45, 7) is 4.60. The molecule has 0 aliphatic heterocycles. The Morgan fingerprint density at radius 2 is 1.89 bits per heavy atom. The van der Waals surface area contributed by atoms with E-state index < -0.39 is 0 Å². The number of nitrogens with one attached hydrogen (secondary N) is 1. The predicted octanol–water partition coefficient (Wildman–Crippen LogP) is 1.84. The van der Waals surface area contributed by atoms with Gasteiger partial charge in [0.2, 0.25) is 5.95 Å². The third kappa shape index (κ3) is 3.37. The van der Waals surface area contributed by atoms with Crippen LogP contribution in [0.1, 0.15) is 20.3 Å². The molecular formula is C13H18N4O. The second-order valence-electron chi connectivity index (χ2n) is 4.79. The summed E-state index contributed by atoms with van der Waals surface area (Å²) in [5.74, 6) is 0.925. The summed E-state index contributed by atoms with van der Waals surface area (Å²) in [7, 11) is 0. The van der Waals surface area contributed by atoms with Gasteiger partial charge in [-0.05, 0) is 24.5 Å². The molecule has 0 bridgehead atoms. The summed E-state index contributed by atoms with van der Waals surface area (Å²) in [5.41, 5.74) is 1.57. The van der Waals surface area contributed by atoms with E-state index in [1.54, 1.807) is 0 Å². The lowest BCUT2D eigenvalue weighted by atomic mass is 10.1. The summed E-state index contributed by atoms with van der Waals surface area (Å²) in [6, 6.07) is 7.57. The molecule has 2 N–H and O–H groups in total. The van der Waals surface area contributed by atoms with Crippen LogP contribution in [0.3, 0.4) is 0 Å². The van der Waals surface area contributed by atoms with Crippen molar-refractivity contribution in [3.05, 3.63) is 24.3 Å². The third-order valence-electron chi connectivity index (χ3n) is 2.60. The maximum Gasteiger partial charge on any atom is 0.243 e. The summed E-state index contributed by atoms with van der Waals surface area (Å²) in [4.78, 5) is 4.33. The van der Waals surface area contributed by atoms with E-state index in [0.29, 0.717) is 18.4 Å². The standard InChI is InChI=1S/C13H18N4O/c1-9(2)7-10(18)8-14-13-15-11-5-3-4-6-12(11)16-17-13/h3-6,9-10,18H,7-8H2,1-2H3,(H,14,15,17). The third-order valence-corrected chi connectivity index (χ3v) is 2.60. The molecule has 1 unspecified atom stereocenters. The molecule has 0 aliphatic carbocycles. The van der Waals surface area contributed by atoms with E-state index in [0.717, 1.165) is 17.5 Å². The van der Waals surface area contributed by atoms with Crippen LogP contribution in [0.2, 0.25) is 0 Å². The molecule has 5 nitrogen and oxygen atoms in total. The van der Waals surface area contributed by atoms with Crippen molar-refractivity contribution in [3.8, 4) is 0 Å². The van der Waals surface area contributed by atoms with Gasteiger partial charge in [-0.2, -0.15) is 0 Å². The second kappa shape index (κ2) is 5.73. The van der Waals surface area contributed by atoms with E-state index in [1.807, 2.05) is 24.3 Å². The fourth-order valence-corrected chi connectivity index (χ4v) is 1.79. The quantitative estimate of drug-likeness (QED) is 0.842. The van der Waals surface area contributed by atoms with Crippen molar-refractivity contribution in [1.29, 1.82) is 0 Å². The number of anilines is 1. The second-order valence-corrected chi connectivity index (χ2v) is 4.79. The molecule has 0 saturated carbocycles. The first kappa shape index (κ1) is 12.7. The molecule has 0 amide bonds. The highest BCUT2D eigenvalue weighted by atomic mass is 16.3. The number of aliphatic hydroxyl groups is 1. The van der Waals surface area contributed by atoms with Gasteiger partial charge in [0.1, 0.15) is 5.52 Å². The minimum Gasteiger partial charge on any atom is -0.391 e. The number of aromatic nitrogens is 3. The van der Waals surface area contributed by atoms with Gasteiger partial charge >= 0.3 is 0 Å². The first-order chi connectivity index (χ1) is 8.65. The van der Waals surface area contributed by atoms with Crippen LogP contribution in [0, 0.1) is 5.92 Å². The highest BCUT2D eigenvalue weighted by Gasteiger charge is 2.08. The van der Waals surface area contributed by atoms with E-state index in [1.165, 1.54) is 0 Å². The van der Waals surface area contributed by atoms with Gasteiger partial charge in [-0.15, -0.1) is 10.2 Å². The van der Waals surface area contributed by atoms with Crippen molar-refractivity contribution in [2.24, 2.45) is 5.92 Å². The van der Waals surface area contributed by atoms with Crippen LogP contribution in [0.5, 0.6) is 0 Å². The van der Waals surface area contributed by atoms with Crippen molar-refractivity contribution >= 4 is 17.0 Å². The Bertz CT molecular complexity index is 515. The van der Waals surface area contributed by atoms with Crippen molar-refractivity contribution in [3.63, 3.8) is 0 Å². The maximum absolute atomic E-state index is 9.76. The van der Waals surface area contributed by atoms with Crippen LogP contribution < -0.4 is 5.32 Å². The lowest BCUT2D eigenvalue weighted by Crippen LogP contribution is -2.22. The molecule has 0 spiro atoms. The zero-order valence-corrected chi connectivity index (χ0v) is 10.7. The number of rotatable bonds is 5. The molecule has 0 saturated heterocycles. The van der Waals surface area contributed by atoms with Crippen LogP contribution in [-0.2, 0) is 0 Å². The predicted molar refractivity (Wildman–Crippen MR) is 71.3 cm³/mol. The molecule has 1 aromatic carbocycles. The van der Waals surface area contributed by atoms with Crippen molar-refractivity contribution in [1.82, 2.24) is 15.2 Å². The molecule has 1 heterocycles. The Kier molecular flexibility index (Phi) is 4.04. The summed E-state index contributed by atoms with van der Waals surface area (Å²) in [5, 5.41) is 20.8. The summed E-state index contributed by atoms with van der Waals surface area (Å²) >= 11 is 0. The molecule has 2 rings (SSSR count). The highest BCUT2D eigenvalue weighted by molar-refractivity contribution is 5.73. The van der Waals surface area contributed by atoms with Gasteiger partial charge < -0.3 is 10.4 Å². The van der Waals surface area contributed by atoms with Gasteiger partial charge in [0, 0.05) is 6.54 Å². The number of fused-ring (bicyclic) bond motifs is 1. The van der Waals surface area contributed by atoms with Gasteiger partial charge in [0.05, 0.1) is 11.6 Å². The van der Waals surface area contributed by atoms with Crippen LogP contribution in [-0.4, -0.2) is 32.9 Å². The van der Waals surface area contributed by atoms with E-state index >= 15 is 0 Å². The molecule has 0 radical (unpaired) electrons. The number of para-hydroxylation sites is 1. The van der Waals surface area contributed by atoms with Gasteiger partial charge in [0.25, 0.3) is 0 Å². The molecular weight excluding hydrogens is 228 g/mol. The number of nitrogens with zero attached hydrogens (tertiary/aromatic N) is 3. The largest absolute Gasteiger partial charge is 0.391 e. The topological polar surface area (TPSA) is 70.9 Å². The minimum atomic E-state index is -0.389. The molecule has 5 heteroatoms. The number of aliphatic hydroxyl groups excluding tert-OH is 1. The molecule has 2 aromatic rings. The fourth-order valence-electron chi connectivity index (χ4n) is 1.79. The minimum absolute atomic E-state index is 0.389. The lowest BCUT2D eigenvalue weighted by Gasteiger charge is -2.13. The van der Waals surface area contributed by atoms with E-state index in [2.05, 4.69) is 34.3 Å². The van der Waals surface area contributed by atoms with Crippen LogP contribution in [0.25, 0.3) is 11.0 Å². The van der Waals surface area contributed by atoms with Gasteiger partial charge in [-0.25, -0.2) is 4.98 Å². The Morgan fingerprint density at radius 3 is 2.61 bits per heavy atom. The summed E-state index contributed by atoms with van der Waals surface area (Å²) in [6.07, 6.45) is 0.369. The average molecular weight is 246 g/mol. The Hall–Kier alpha value is -1.75. The average Bonchev–Trinajstić information content (AvgIpc) is 2.35. The molecule has 1 aromatic heterocycles. The first-order valence-corrected chi connectivity index (χ1v) is 6.16. The maximum atomic E-state index is 9.76. The zero-order valence-electron chi connectivity index (χ0n) is 10.7. The molecule has 18 heavy (non-hydrogen) atoms. The molecule has 1 atom stereocenters. The normalized spacial score (nSPS) is 12.9. The lowest BCUT2D eigenvalue weighted by molar-refractivity contribution is 0.161. The van der Waals surface area contributed by atoms with Crippen LogP contribution in [0.4, 0.5) is 5.95 Å². The number of hydrogen-bond acceptors (Lipinski definition) is 5. The van der Waals surface area contributed by atoms with E-state index in [4.69, 9.17) is 0 Å². The van der Waals surface area contributed by atoms with Gasteiger partial charge in [0.15, 0.2) is 0 Å². The Balaban J connectivity index is 1.99. The van der Waals surface area contributed by atoms with E-state index in [9.17, 15) is 5.11 Å². The highest BCUT2D eigenvalue weighted by Crippen LogP contribution is 2.09. The zero-order chi connectivity index (χ0) is 13.0. The Morgan fingerprint density at radius 1 is 1.17 bits per heavy atom. The molecule has 0 aliphatic rings. The number of hydrogen-bond donors (Lipinski definition) is 2. The SMILES string of the molecule is CC(C)CC(O)CNc1nnc2ccccc2n1. The van der Waals surface area contributed by atoms with Crippen LogP contribution in [0.15, 0.2) is 24.3 Å². The monoisotopic (exact) mass is 246 g/mol. The molecule has 0 fully saturated rings. The first-order valence-electron chi connectivity index (χ1n) is 6.16. The van der Waals surface area contributed by atoms with Gasteiger partial charge in [-0.3, -0.25) is 0 Å². The van der Waals surface area contributed by atoms with Crippen molar-refractivity contribution < 1.29 is 5.11 Å². The molecule has 96 valence electrons. The van der Waals surface area contributed by atoms with E-state index in [-0.39, 0.29) is 6.10 Å². The van der Waals surface area contributed by atoms with Crippen LogP contribution >= 0.6 is 0 Å². The number of benzene rings is 1. The summed E-state index contributed by atoms with van der Waals surface area (Å²) < 4.78 is 0. The smallest absolute Gasteiger partial charge is 0.243 e. The fraction of sp³-hybridized carbons (Fsp3) is 0.462. The van der Waals surface area contributed by atoms with Crippen molar-refractivity contribution in [2.45, 2.75) is 26.4 Å².